The molecule has 0 radical (unpaired) electrons. The third-order valence-electron chi connectivity index (χ3n) is 5.14. The summed E-state index contributed by atoms with van der Waals surface area (Å²) in [6.45, 7) is 1.60. The summed E-state index contributed by atoms with van der Waals surface area (Å²) in [5.74, 6) is 1.77. The van der Waals surface area contributed by atoms with E-state index in [1.807, 2.05) is 46.0 Å². The molecule has 3 heterocycles. The second-order valence-corrected chi connectivity index (χ2v) is 6.96. The zero-order valence-electron chi connectivity index (χ0n) is 15.9. The standard InChI is InChI=1S/C21H23N5O2/c1-28-19-5-3-2-4-17(19)13-25(12-16-8-10-22-11-9-16)21(27)18-6-7-20-23-15-24-26(20)14-18/h2-5,8-11,15,18H,6-7,12-14H2,1H3. The van der Waals surface area contributed by atoms with Gasteiger partial charge in [-0.1, -0.05) is 18.2 Å². The maximum atomic E-state index is 13.4. The van der Waals surface area contributed by atoms with Gasteiger partial charge in [0, 0.05) is 37.5 Å². The van der Waals surface area contributed by atoms with Gasteiger partial charge in [0.2, 0.25) is 5.91 Å². The van der Waals surface area contributed by atoms with Gasteiger partial charge in [-0.3, -0.25) is 9.78 Å². The highest BCUT2D eigenvalue weighted by Gasteiger charge is 2.30. The Balaban J connectivity index is 1.58. The van der Waals surface area contributed by atoms with E-state index in [4.69, 9.17) is 4.74 Å². The first kappa shape index (κ1) is 18.2. The Morgan fingerprint density at radius 2 is 2.04 bits per heavy atom. The Bertz CT molecular complexity index is 941. The first-order chi connectivity index (χ1) is 13.7. The van der Waals surface area contributed by atoms with Crippen molar-refractivity contribution < 1.29 is 9.53 Å². The van der Waals surface area contributed by atoms with Gasteiger partial charge in [0.15, 0.2) is 0 Å². The molecular weight excluding hydrogens is 354 g/mol. The maximum absolute atomic E-state index is 13.4. The minimum Gasteiger partial charge on any atom is -0.496 e. The number of nitrogens with zero attached hydrogens (tertiary/aromatic N) is 5. The summed E-state index contributed by atoms with van der Waals surface area (Å²) in [7, 11) is 1.65. The van der Waals surface area contributed by atoms with Crippen molar-refractivity contribution in [3.05, 3.63) is 72.1 Å². The number of carbonyl (C=O) groups excluding carboxylic acids is 1. The van der Waals surface area contributed by atoms with Crippen LogP contribution in [0, 0.1) is 5.92 Å². The molecule has 1 aliphatic rings. The van der Waals surface area contributed by atoms with Crippen LogP contribution in [0.25, 0.3) is 0 Å². The second kappa shape index (κ2) is 8.21. The van der Waals surface area contributed by atoms with Gasteiger partial charge >= 0.3 is 0 Å². The molecule has 1 aromatic carbocycles. The Morgan fingerprint density at radius 3 is 2.86 bits per heavy atom. The molecular formula is C21H23N5O2. The van der Waals surface area contributed by atoms with E-state index in [0.29, 0.717) is 19.6 Å². The van der Waals surface area contributed by atoms with Crippen LogP contribution in [-0.4, -0.2) is 37.7 Å². The van der Waals surface area contributed by atoms with E-state index in [1.165, 1.54) is 0 Å². The van der Waals surface area contributed by atoms with Gasteiger partial charge in [-0.25, -0.2) is 9.67 Å². The molecule has 0 fully saturated rings. The quantitative estimate of drug-likeness (QED) is 0.660. The molecule has 7 heteroatoms. The zero-order chi connectivity index (χ0) is 19.3. The van der Waals surface area contributed by atoms with Crippen LogP contribution in [0.15, 0.2) is 55.1 Å². The molecule has 0 spiro atoms. The number of para-hydroxylation sites is 1. The molecule has 3 aromatic rings. The molecule has 28 heavy (non-hydrogen) atoms. The van der Waals surface area contributed by atoms with Crippen LogP contribution >= 0.6 is 0 Å². The summed E-state index contributed by atoms with van der Waals surface area (Å²) in [6, 6.07) is 11.7. The van der Waals surface area contributed by atoms with Crippen LogP contribution in [-0.2, 0) is 30.8 Å². The number of aryl methyl sites for hydroxylation is 1. The average molecular weight is 377 g/mol. The number of carbonyl (C=O) groups is 1. The summed E-state index contributed by atoms with van der Waals surface area (Å²) in [5.41, 5.74) is 2.04. The molecule has 4 rings (SSSR count). The third kappa shape index (κ3) is 3.88. The normalized spacial score (nSPS) is 15.7. The number of methoxy groups -OCH3 is 1. The molecule has 0 aliphatic carbocycles. The van der Waals surface area contributed by atoms with Gasteiger partial charge in [0.25, 0.3) is 0 Å². The van der Waals surface area contributed by atoms with Crippen molar-refractivity contribution in [2.75, 3.05) is 7.11 Å². The zero-order valence-corrected chi connectivity index (χ0v) is 15.9. The molecule has 0 saturated carbocycles. The van der Waals surface area contributed by atoms with Crippen molar-refractivity contribution in [2.24, 2.45) is 5.92 Å². The number of rotatable bonds is 6. The largest absolute Gasteiger partial charge is 0.496 e. The number of amides is 1. The van der Waals surface area contributed by atoms with Crippen molar-refractivity contribution >= 4 is 5.91 Å². The van der Waals surface area contributed by atoms with Crippen molar-refractivity contribution in [1.29, 1.82) is 0 Å². The summed E-state index contributed by atoms with van der Waals surface area (Å²) in [4.78, 5) is 23.7. The number of pyridine rings is 1. The highest BCUT2D eigenvalue weighted by Crippen LogP contribution is 2.25. The van der Waals surface area contributed by atoms with E-state index >= 15 is 0 Å². The molecule has 1 unspecified atom stereocenters. The third-order valence-corrected chi connectivity index (χ3v) is 5.14. The molecule has 144 valence electrons. The molecule has 1 amide bonds. The first-order valence-electron chi connectivity index (χ1n) is 9.41. The fraction of sp³-hybridized carbons (Fsp3) is 0.333. The van der Waals surface area contributed by atoms with Gasteiger partial charge < -0.3 is 9.64 Å². The predicted molar refractivity (Wildman–Crippen MR) is 103 cm³/mol. The van der Waals surface area contributed by atoms with E-state index in [2.05, 4.69) is 15.1 Å². The van der Waals surface area contributed by atoms with Crippen LogP contribution in [0.4, 0.5) is 0 Å². The van der Waals surface area contributed by atoms with Crippen LogP contribution in [0.2, 0.25) is 0 Å². The van der Waals surface area contributed by atoms with E-state index < -0.39 is 0 Å². The summed E-state index contributed by atoms with van der Waals surface area (Å²) >= 11 is 0. The van der Waals surface area contributed by atoms with Gasteiger partial charge in [-0.15, -0.1) is 0 Å². The van der Waals surface area contributed by atoms with Gasteiger partial charge in [0.05, 0.1) is 19.6 Å². The van der Waals surface area contributed by atoms with E-state index in [0.717, 1.165) is 35.5 Å². The molecule has 0 N–H and O–H groups in total. The molecule has 2 aromatic heterocycles. The highest BCUT2D eigenvalue weighted by atomic mass is 16.5. The minimum atomic E-state index is -0.106. The lowest BCUT2D eigenvalue weighted by Gasteiger charge is -2.30. The van der Waals surface area contributed by atoms with Crippen LogP contribution in [0.5, 0.6) is 5.75 Å². The summed E-state index contributed by atoms with van der Waals surface area (Å²) < 4.78 is 7.33. The van der Waals surface area contributed by atoms with Crippen LogP contribution in [0.3, 0.4) is 0 Å². The number of fused-ring (bicyclic) bond motifs is 1. The van der Waals surface area contributed by atoms with Crippen LogP contribution < -0.4 is 4.74 Å². The number of aromatic nitrogens is 4. The predicted octanol–water partition coefficient (Wildman–Crippen LogP) is 2.47. The Hall–Kier alpha value is -3.22. The van der Waals surface area contributed by atoms with Crippen molar-refractivity contribution in [1.82, 2.24) is 24.6 Å². The lowest BCUT2D eigenvalue weighted by atomic mass is 9.97. The Labute approximate surface area is 164 Å². The summed E-state index contributed by atoms with van der Waals surface area (Å²) in [5, 5.41) is 4.25. The average Bonchev–Trinajstić information content (AvgIpc) is 3.22. The van der Waals surface area contributed by atoms with E-state index in [9.17, 15) is 4.79 Å². The van der Waals surface area contributed by atoms with E-state index in [-0.39, 0.29) is 11.8 Å². The monoisotopic (exact) mass is 377 g/mol. The SMILES string of the molecule is COc1ccccc1CN(Cc1ccncc1)C(=O)C1CCc2ncnn2C1. The molecule has 7 nitrogen and oxygen atoms in total. The van der Waals surface area contributed by atoms with Gasteiger partial charge in [-0.2, -0.15) is 5.10 Å². The van der Waals surface area contributed by atoms with Gasteiger partial charge in [0.1, 0.15) is 17.9 Å². The van der Waals surface area contributed by atoms with E-state index in [1.54, 1.807) is 25.8 Å². The van der Waals surface area contributed by atoms with Crippen molar-refractivity contribution in [3.63, 3.8) is 0 Å². The van der Waals surface area contributed by atoms with Gasteiger partial charge in [-0.05, 0) is 30.2 Å². The number of benzene rings is 1. The molecule has 0 bridgehead atoms. The fourth-order valence-corrected chi connectivity index (χ4v) is 3.66. The Morgan fingerprint density at radius 1 is 1.21 bits per heavy atom. The van der Waals surface area contributed by atoms with Crippen molar-refractivity contribution in [3.8, 4) is 5.75 Å². The first-order valence-corrected chi connectivity index (χ1v) is 9.41. The lowest BCUT2D eigenvalue weighted by Crippen LogP contribution is -2.39. The smallest absolute Gasteiger partial charge is 0.228 e. The second-order valence-electron chi connectivity index (χ2n) is 6.96. The minimum absolute atomic E-state index is 0.106. The fourth-order valence-electron chi connectivity index (χ4n) is 3.66. The Kier molecular flexibility index (Phi) is 5.32. The number of hydrogen-bond acceptors (Lipinski definition) is 5. The molecule has 1 atom stereocenters. The number of ether oxygens (including phenoxy) is 1. The maximum Gasteiger partial charge on any atom is 0.228 e. The number of hydrogen-bond donors (Lipinski definition) is 0. The van der Waals surface area contributed by atoms with Crippen LogP contribution in [0.1, 0.15) is 23.4 Å². The lowest BCUT2D eigenvalue weighted by molar-refractivity contribution is -0.138. The highest BCUT2D eigenvalue weighted by molar-refractivity contribution is 5.79. The molecule has 1 aliphatic heterocycles. The molecule has 0 saturated heterocycles. The van der Waals surface area contributed by atoms with Crippen molar-refractivity contribution in [2.45, 2.75) is 32.5 Å². The topological polar surface area (TPSA) is 73.1 Å². The summed E-state index contributed by atoms with van der Waals surface area (Å²) in [6.07, 6.45) is 6.63.